The third-order valence-electron chi connectivity index (χ3n) is 1.90. The van der Waals surface area contributed by atoms with Crippen LogP contribution in [-0.2, 0) is 11.8 Å². The van der Waals surface area contributed by atoms with Crippen molar-refractivity contribution in [3.05, 3.63) is 11.9 Å². The second kappa shape index (κ2) is 5.49. The number of aryl methyl sites for hydroxylation is 1. The number of Topliss-reactive ketones (excluding diaryl/α,β-unsaturated/α-hetero) is 1. The molecular weight excluding hydrogens is 182 g/mol. The molecule has 78 valence electrons. The lowest BCUT2D eigenvalue weighted by Gasteiger charge is -2.00. The molecule has 0 aromatic carbocycles. The van der Waals surface area contributed by atoms with Gasteiger partial charge in [0.15, 0.2) is 5.78 Å². The highest BCUT2D eigenvalue weighted by atomic mass is 16.5. The molecule has 1 aromatic heterocycles. The molecule has 0 aliphatic heterocycles. The number of carbonyl (C=O) groups excluding carboxylic acids is 1. The van der Waals surface area contributed by atoms with Crippen molar-refractivity contribution < 1.29 is 9.53 Å². The van der Waals surface area contributed by atoms with Crippen molar-refractivity contribution in [1.82, 2.24) is 15.0 Å². The number of hydrogen-bond acceptors (Lipinski definition) is 4. The number of nitrogens with zero attached hydrogens (tertiary/aromatic N) is 3. The number of ether oxygens (including phenoxy) is 1. The minimum absolute atomic E-state index is 0.0669. The highest BCUT2D eigenvalue weighted by Crippen LogP contribution is 2.02. The van der Waals surface area contributed by atoms with Crippen molar-refractivity contribution in [1.29, 1.82) is 0 Å². The van der Waals surface area contributed by atoms with Crippen molar-refractivity contribution >= 4 is 5.78 Å². The van der Waals surface area contributed by atoms with Gasteiger partial charge in [-0.05, 0) is 13.3 Å². The van der Waals surface area contributed by atoms with E-state index >= 15 is 0 Å². The fourth-order valence-corrected chi connectivity index (χ4v) is 1.15. The van der Waals surface area contributed by atoms with E-state index in [-0.39, 0.29) is 5.78 Å². The zero-order chi connectivity index (χ0) is 10.4. The van der Waals surface area contributed by atoms with E-state index in [4.69, 9.17) is 4.74 Å². The topological polar surface area (TPSA) is 57.0 Å². The maximum atomic E-state index is 11.5. The van der Waals surface area contributed by atoms with Crippen molar-refractivity contribution in [3.63, 3.8) is 0 Å². The monoisotopic (exact) mass is 197 g/mol. The summed E-state index contributed by atoms with van der Waals surface area (Å²) in [5.41, 5.74) is 0.557. The van der Waals surface area contributed by atoms with E-state index in [1.165, 1.54) is 10.9 Å². The van der Waals surface area contributed by atoms with Gasteiger partial charge in [0.1, 0.15) is 5.69 Å². The molecule has 0 saturated carbocycles. The molecule has 0 aliphatic rings. The normalized spacial score (nSPS) is 10.4. The molecule has 0 saturated heterocycles. The van der Waals surface area contributed by atoms with Crippen LogP contribution >= 0.6 is 0 Å². The highest BCUT2D eigenvalue weighted by molar-refractivity contribution is 5.94. The largest absolute Gasteiger partial charge is 0.382 e. The lowest BCUT2D eigenvalue weighted by atomic mass is 10.2. The molecule has 0 radical (unpaired) electrons. The smallest absolute Gasteiger partial charge is 0.182 e. The Kier molecular flexibility index (Phi) is 4.25. The van der Waals surface area contributed by atoms with E-state index in [2.05, 4.69) is 10.3 Å². The molecule has 14 heavy (non-hydrogen) atoms. The molecule has 0 N–H and O–H groups in total. The van der Waals surface area contributed by atoms with Gasteiger partial charge in [0.25, 0.3) is 0 Å². The Hall–Kier alpha value is -1.23. The lowest BCUT2D eigenvalue weighted by Crippen LogP contribution is -2.08. The van der Waals surface area contributed by atoms with Gasteiger partial charge in [-0.25, -0.2) is 4.68 Å². The van der Waals surface area contributed by atoms with Crippen molar-refractivity contribution in [2.75, 3.05) is 13.2 Å². The minimum atomic E-state index is 0.0669. The number of rotatable bonds is 6. The molecule has 5 heteroatoms. The third-order valence-corrected chi connectivity index (χ3v) is 1.90. The molecule has 1 rings (SSSR count). The fraction of sp³-hybridized carbons (Fsp3) is 0.667. The number of ketones is 1. The third kappa shape index (κ3) is 2.92. The van der Waals surface area contributed by atoms with Crippen LogP contribution in [0.1, 0.15) is 30.3 Å². The second-order valence-corrected chi connectivity index (χ2v) is 2.97. The lowest BCUT2D eigenvalue weighted by molar-refractivity contribution is 0.0938. The Balaban J connectivity index is 2.32. The molecule has 1 heterocycles. The van der Waals surface area contributed by atoms with Crippen LogP contribution in [0.4, 0.5) is 0 Å². The predicted octanol–water partition coefficient (Wildman–Crippen LogP) is 0.815. The van der Waals surface area contributed by atoms with E-state index in [9.17, 15) is 4.79 Å². The zero-order valence-electron chi connectivity index (χ0n) is 8.56. The van der Waals surface area contributed by atoms with Crippen LogP contribution in [0, 0.1) is 0 Å². The summed E-state index contributed by atoms with van der Waals surface area (Å²) in [7, 11) is 1.71. The summed E-state index contributed by atoms with van der Waals surface area (Å²) in [5.74, 6) is 0.0669. The fourth-order valence-electron chi connectivity index (χ4n) is 1.15. The molecule has 0 bridgehead atoms. The number of aromatic nitrogens is 3. The van der Waals surface area contributed by atoms with Crippen LogP contribution in [0.5, 0.6) is 0 Å². The van der Waals surface area contributed by atoms with Crippen LogP contribution in [0.25, 0.3) is 0 Å². The first-order chi connectivity index (χ1) is 6.75. The first kappa shape index (κ1) is 10.8. The molecule has 0 atom stereocenters. The summed E-state index contributed by atoms with van der Waals surface area (Å²) in [5, 5.41) is 7.34. The Labute approximate surface area is 83.1 Å². The number of hydrogen-bond donors (Lipinski definition) is 0. The second-order valence-electron chi connectivity index (χ2n) is 2.97. The first-order valence-corrected chi connectivity index (χ1v) is 4.71. The molecule has 5 nitrogen and oxygen atoms in total. The molecule has 0 fully saturated rings. The Bertz CT molecular complexity index is 296. The molecule has 0 spiro atoms. The summed E-state index contributed by atoms with van der Waals surface area (Å²) >= 11 is 0. The van der Waals surface area contributed by atoms with Crippen molar-refractivity contribution in [3.8, 4) is 0 Å². The molecule has 1 aromatic rings. The first-order valence-electron chi connectivity index (χ1n) is 4.71. The summed E-state index contributed by atoms with van der Waals surface area (Å²) in [6.45, 7) is 3.27. The van der Waals surface area contributed by atoms with Gasteiger partial charge in [-0.1, -0.05) is 5.21 Å². The summed E-state index contributed by atoms with van der Waals surface area (Å²) in [6, 6.07) is 0. The van der Waals surface area contributed by atoms with Gasteiger partial charge in [-0.15, -0.1) is 5.10 Å². The van der Waals surface area contributed by atoms with Crippen LogP contribution < -0.4 is 0 Å². The average Bonchev–Trinajstić information content (AvgIpc) is 2.59. The van der Waals surface area contributed by atoms with E-state index in [0.29, 0.717) is 25.3 Å². The van der Waals surface area contributed by atoms with Gasteiger partial charge in [0.05, 0.1) is 6.20 Å². The van der Waals surface area contributed by atoms with E-state index in [0.717, 1.165) is 6.42 Å². The SMILES string of the molecule is CCOCCCC(=O)c1cnnn1C. The quantitative estimate of drug-likeness (QED) is 0.500. The van der Waals surface area contributed by atoms with Crippen LogP contribution in [0.3, 0.4) is 0 Å². The van der Waals surface area contributed by atoms with Crippen molar-refractivity contribution in [2.45, 2.75) is 19.8 Å². The van der Waals surface area contributed by atoms with Crippen LogP contribution in [0.15, 0.2) is 6.20 Å². The van der Waals surface area contributed by atoms with Gasteiger partial charge in [-0.3, -0.25) is 4.79 Å². The van der Waals surface area contributed by atoms with Gasteiger partial charge in [-0.2, -0.15) is 0 Å². The van der Waals surface area contributed by atoms with Crippen LogP contribution in [0.2, 0.25) is 0 Å². The Morgan fingerprint density at radius 2 is 2.43 bits per heavy atom. The number of carbonyl (C=O) groups is 1. The predicted molar refractivity (Wildman–Crippen MR) is 51.1 cm³/mol. The van der Waals surface area contributed by atoms with E-state index < -0.39 is 0 Å². The summed E-state index contributed by atoms with van der Waals surface area (Å²) < 4.78 is 6.63. The molecule has 0 aliphatic carbocycles. The zero-order valence-corrected chi connectivity index (χ0v) is 8.56. The summed E-state index contributed by atoms with van der Waals surface area (Å²) in [6.07, 6.45) is 2.72. The van der Waals surface area contributed by atoms with Crippen LogP contribution in [-0.4, -0.2) is 34.0 Å². The van der Waals surface area contributed by atoms with E-state index in [1.54, 1.807) is 7.05 Å². The Morgan fingerprint density at radius 3 is 3.00 bits per heavy atom. The maximum Gasteiger partial charge on any atom is 0.182 e. The molecule has 0 amide bonds. The summed E-state index contributed by atoms with van der Waals surface area (Å²) in [4.78, 5) is 11.5. The average molecular weight is 197 g/mol. The van der Waals surface area contributed by atoms with Gasteiger partial charge >= 0.3 is 0 Å². The Morgan fingerprint density at radius 1 is 1.64 bits per heavy atom. The minimum Gasteiger partial charge on any atom is -0.382 e. The van der Waals surface area contributed by atoms with E-state index in [1.807, 2.05) is 6.92 Å². The van der Waals surface area contributed by atoms with Gasteiger partial charge < -0.3 is 4.74 Å². The molecular formula is C9H15N3O2. The molecule has 0 unspecified atom stereocenters. The maximum absolute atomic E-state index is 11.5. The van der Waals surface area contributed by atoms with Gasteiger partial charge in [0, 0.05) is 26.7 Å². The van der Waals surface area contributed by atoms with Crippen molar-refractivity contribution in [2.24, 2.45) is 7.05 Å². The van der Waals surface area contributed by atoms with Gasteiger partial charge in [0.2, 0.25) is 0 Å². The highest BCUT2D eigenvalue weighted by Gasteiger charge is 2.09. The standard InChI is InChI=1S/C9H15N3O2/c1-3-14-6-4-5-9(13)8-7-10-11-12(8)2/h7H,3-6H2,1-2H3.